The van der Waals surface area contributed by atoms with Crippen molar-refractivity contribution in [3.8, 4) is 0 Å². The number of anilines is 2. The largest absolute Gasteiger partial charge is 0.364 e. The Labute approximate surface area is 124 Å². The summed E-state index contributed by atoms with van der Waals surface area (Å²) in [6.45, 7) is 2.76. The van der Waals surface area contributed by atoms with E-state index in [-0.39, 0.29) is 0 Å². The molecule has 1 atom stereocenters. The predicted octanol–water partition coefficient (Wildman–Crippen LogP) is 1.99. The average molecular weight is 283 g/mol. The Morgan fingerprint density at radius 2 is 1.90 bits per heavy atom. The first-order valence-electron chi connectivity index (χ1n) is 7.82. The van der Waals surface area contributed by atoms with Crippen LogP contribution in [0.4, 0.5) is 11.6 Å². The van der Waals surface area contributed by atoms with Gasteiger partial charge in [-0.2, -0.15) is 0 Å². The molecule has 1 aliphatic carbocycles. The number of hydrogen-bond acceptors (Lipinski definition) is 5. The van der Waals surface area contributed by atoms with Crippen molar-refractivity contribution < 1.29 is 0 Å². The summed E-state index contributed by atoms with van der Waals surface area (Å²) in [5.41, 5.74) is 7.74. The van der Waals surface area contributed by atoms with Gasteiger partial charge in [0.1, 0.15) is 0 Å². The van der Waals surface area contributed by atoms with Gasteiger partial charge in [-0.25, -0.2) is 9.97 Å². The first-order chi connectivity index (χ1) is 10.3. The molecule has 1 saturated carbocycles. The second kappa shape index (κ2) is 5.15. The smallest absolute Gasteiger partial charge is 0.172 e. The number of nitrogens with zero attached hydrogens (tertiary/aromatic N) is 3. The molecule has 2 heterocycles. The molecule has 1 aliphatic heterocycles. The summed E-state index contributed by atoms with van der Waals surface area (Å²) < 4.78 is 0. The van der Waals surface area contributed by atoms with Gasteiger partial charge >= 0.3 is 0 Å². The van der Waals surface area contributed by atoms with Crippen molar-refractivity contribution in [2.45, 2.75) is 25.3 Å². The van der Waals surface area contributed by atoms with E-state index in [0.29, 0.717) is 12.0 Å². The Balaban J connectivity index is 1.73. The second-order valence-corrected chi connectivity index (χ2v) is 6.14. The van der Waals surface area contributed by atoms with Crippen molar-refractivity contribution in [2.24, 2.45) is 11.7 Å². The summed E-state index contributed by atoms with van der Waals surface area (Å²) in [6, 6.07) is 8.66. The van der Waals surface area contributed by atoms with Crippen molar-refractivity contribution in [1.82, 2.24) is 9.97 Å². The first kappa shape index (κ1) is 12.8. The molecule has 0 unspecified atom stereocenters. The SMILES string of the molecule is NC[C@H]1CCN(c2nc3ccccc3nc2NC2CC2)C1. The lowest BCUT2D eigenvalue weighted by molar-refractivity contribution is 0.602. The lowest BCUT2D eigenvalue weighted by Crippen LogP contribution is -2.25. The molecule has 2 aromatic rings. The van der Waals surface area contributed by atoms with E-state index < -0.39 is 0 Å². The second-order valence-electron chi connectivity index (χ2n) is 6.14. The van der Waals surface area contributed by atoms with Gasteiger partial charge in [0.15, 0.2) is 11.6 Å². The van der Waals surface area contributed by atoms with Crippen LogP contribution in [0.25, 0.3) is 11.0 Å². The molecule has 2 fully saturated rings. The Bertz CT molecular complexity index is 652. The van der Waals surface area contributed by atoms with E-state index in [2.05, 4.69) is 10.2 Å². The molecule has 110 valence electrons. The van der Waals surface area contributed by atoms with Crippen molar-refractivity contribution in [2.75, 3.05) is 29.9 Å². The highest BCUT2D eigenvalue weighted by molar-refractivity contribution is 5.80. The zero-order chi connectivity index (χ0) is 14.2. The number of nitrogens with one attached hydrogen (secondary N) is 1. The third-order valence-electron chi connectivity index (χ3n) is 4.39. The fourth-order valence-electron chi connectivity index (χ4n) is 2.95. The Morgan fingerprint density at radius 3 is 2.57 bits per heavy atom. The van der Waals surface area contributed by atoms with Crippen molar-refractivity contribution in [1.29, 1.82) is 0 Å². The molecule has 1 aromatic heterocycles. The lowest BCUT2D eigenvalue weighted by Gasteiger charge is -2.21. The average Bonchev–Trinajstić information content (AvgIpc) is 3.20. The molecule has 4 rings (SSSR count). The highest BCUT2D eigenvalue weighted by Gasteiger charge is 2.28. The van der Waals surface area contributed by atoms with Crippen LogP contribution in [-0.4, -0.2) is 35.6 Å². The molecule has 0 radical (unpaired) electrons. The van der Waals surface area contributed by atoms with Gasteiger partial charge in [-0.1, -0.05) is 12.1 Å². The number of para-hydroxylation sites is 2. The van der Waals surface area contributed by atoms with Crippen LogP contribution in [0.3, 0.4) is 0 Å². The molecule has 0 spiro atoms. The number of rotatable bonds is 4. The van der Waals surface area contributed by atoms with Crippen LogP contribution in [0.1, 0.15) is 19.3 Å². The fraction of sp³-hybridized carbons (Fsp3) is 0.500. The van der Waals surface area contributed by atoms with Gasteiger partial charge in [-0.3, -0.25) is 0 Å². The van der Waals surface area contributed by atoms with Crippen LogP contribution in [0.15, 0.2) is 24.3 Å². The van der Waals surface area contributed by atoms with Gasteiger partial charge in [-0.05, 0) is 43.9 Å². The predicted molar refractivity (Wildman–Crippen MR) is 85.6 cm³/mol. The highest BCUT2D eigenvalue weighted by Crippen LogP contribution is 2.32. The number of fused-ring (bicyclic) bond motifs is 1. The van der Waals surface area contributed by atoms with E-state index in [9.17, 15) is 0 Å². The minimum Gasteiger partial charge on any atom is -0.364 e. The number of hydrogen-bond donors (Lipinski definition) is 2. The van der Waals surface area contributed by atoms with Gasteiger partial charge in [0.25, 0.3) is 0 Å². The lowest BCUT2D eigenvalue weighted by atomic mass is 10.1. The third-order valence-corrected chi connectivity index (χ3v) is 4.39. The highest BCUT2D eigenvalue weighted by atomic mass is 15.2. The number of aromatic nitrogens is 2. The summed E-state index contributed by atoms with van der Waals surface area (Å²) >= 11 is 0. The van der Waals surface area contributed by atoms with Gasteiger partial charge in [0.2, 0.25) is 0 Å². The van der Waals surface area contributed by atoms with E-state index >= 15 is 0 Å². The molecule has 1 aromatic carbocycles. The molecule has 2 aliphatic rings. The fourth-order valence-corrected chi connectivity index (χ4v) is 2.95. The van der Waals surface area contributed by atoms with E-state index in [1.54, 1.807) is 0 Å². The van der Waals surface area contributed by atoms with E-state index in [1.807, 2.05) is 24.3 Å². The van der Waals surface area contributed by atoms with E-state index in [1.165, 1.54) is 12.8 Å². The standard InChI is InChI=1S/C16H21N5/c17-9-11-7-8-21(10-11)16-15(18-12-5-6-12)19-13-3-1-2-4-14(13)20-16/h1-4,11-12H,5-10,17H2,(H,18,19)/t11-/m1/s1. The number of nitrogens with two attached hydrogens (primary N) is 1. The summed E-state index contributed by atoms with van der Waals surface area (Å²) in [7, 11) is 0. The molecule has 5 nitrogen and oxygen atoms in total. The molecule has 0 bridgehead atoms. The van der Waals surface area contributed by atoms with Gasteiger partial charge < -0.3 is 16.0 Å². The molecular weight excluding hydrogens is 262 g/mol. The molecule has 5 heteroatoms. The Morgan fingerprint density at radius 1 is 1.14 bits per heavy atom. The van der Waals surface area contributed by atoms with Crippen molar-refractivity contribution >= 4 is 22.7 Å². The van der Waals surface area contributed by atoms with Gasteiger partial charge in [0, 0.05) is 19.1 Å². The monoisotopic (exact) mass is 283 g/mol. The Kier molecular flexibility index (Phi) is 3.15. The van der Waals surface area contributed by atoms with E-state index in [4.69, 9.17) is 15.7 Å². The van der Waals surface area contributed by atoms with Gasteiger partial charge in [0.05, 0.1) is 11.0 Å². The maximum absolute atomic E-state index is 5.82. The maximum Gasteiger partial charge on any atom is 0.172 e. The van der Waals surface area contributed by atoms with Gasteiger partial charge in [-0.15, -0.1) is 0 Å². The summed E-state index contributed by atoms with van der Waals surface area (Å²) in [4.78, 5) is 12.0. The van der Waals surface area contributed by atoms with Crippen LogP contribution < -0.4 is 16.0 Å². The molecule has 0 amide bonds. The zero-order valence-electron chi connectivity index (χ0n) is 12.1. The zero-order valence-corrected chi connectivity index (χ0v) is 12.1. The maximum atomic E-state index is 5.82. The van der Waals surface area contributed by atoms with E-state index in [0.717, 1.165) is 48.7 Å². The van der Waals surface area contributed by atoms with Crippen LogP contribution in [0.5, 0.6) is 0 Å². The molecule has 1 saturated heterocycles. The number of benzene rings is 1. The topological polar surface area (TPSA) is 67.1 Å². The summed E-state index contributed by atoms with van der Waals surface area (Å²) in [5.74, 6) is 2.51. The quantitative estimate of drug-likeness (QED) is 0.898. The minimum absolute atomic E-state index is 0.576. The third kappa shape index (κ3) is 2.53. The first-order valence-corrected chi connectivity index (χ1v) is 7.82. The van der Waals surface area contributed by atoms with Crippen molar-refractivity contribution in [3.05, 3.63) is 24.3 Å². The molecule has 21 heavy (non-hydrogen) atoms. The van der Waals surface area contributed by atoms with Crippen LogP contribution in [0, 0.1) is 5.92 Å². The Hall–Kier alpha value is -1.88. The van der Waals surface area contributed by atoms with Crippen molar-refractivity contribution in [3.63, 3.8) is 0 Å². The van der Waals surface area contributed by atoms with Crippen LogP contribution in [-0.2, 0) is 0 Å². The molecular formula is C16H21N5. The van der Waals surface area contributed by atoms with Crippen LogP contribution >= 0.6 is 0 Å². The minimum atomic E-state index is 0.576. The van der Waals surface area contributed by atoms with Crippen LogP contribution in [0.2, 0.25) is 0 Å². The molecule has 3 N–H and O–H groups in total. The normalized spacial score (nSPS) is 22.0. The summed E-state index contributed by atoms with van der Waals surface area (Å²) in [6.07, 6.45) is 3.62. The summed E-state index contributed by atoms with van der Waals surface area (Å²) in [5, 5.41) is 3.54.